The van der Waals surface area contributed by atoms with Crippen LogP contribution in [0.2, 0.25) is 0 Å². The molecule has 0 fully saturated rings. The second-order valence-corrected chi connectivity index (χ2v) is 5.82. The molecule has 0 amide bonds. The van der Waals surface area contributed by atoms with E-state index in [4.69, 9.17) is 4.74 Å². The predicted molar refractivity (Wildman–Crippen MR) is 74.9 cm³/mol. The standard InChI is InChI=1S/C13H24N2O2S/c1-4-5-7-17-10-11(16)9-15-13(2,3)12-14-6-8-18-12/h6,8,11,15-16H,4-5,7,9-10H2,1-3H3. The Balaban J connectivity index is 2.23. The van der Waals surface area contributed by atoms with Crippen molar-refractivity contribution in [3.63, 3.8) is 0 Å². The Morgan fingerprint density at radius 1 is 1.56 bits per heavy atom. The minimum absolute atomic E-state index is 0.210. The van der Waals surface area contributed by atoms with Gasteiger partial charge in [0.25, 0.3) is 0 Å². The molecule has 0 bridgehead atoms. The molecule has 0 aliphatic heterocycles. The molecule has 2 N–H and O–H groups in total. The van der Waals surface area contributed by atoms with E-state index in [1.54, 1.807) is 17.5 Å². The maximum absolute atomic E-state index is 9.80. The molecule has 5 heteroatoms. The van der Waals surface area contributed by atoms with Crippen LogP contribution in [0.5, 0.6) is 0 Å². The number of aromatic nitrogens is 1. The number of thiazole rings is 1. The van der Waals surface area contributed by atoms with Gasteiger partial charge in [0.15, 0.2) is 0 Å². The topological polar surface area (TPSA) is 54.4 Å². The van der Waals surface area contributed by atoms with Crippen molar-refractivity contribution in [1.29, 1.82) is 0 Å². The number of aliphatic hydroxyl groups excluding tert-OH is 1. The molecular formula is C13H24N2O2S. The number of hydrogen-bond donors (Lipinski definition) is 2. The number of unbranched alkanes of at least 4 members (excludes halogenated alkanes) is 1. The first kappa shape index (κ1) is 15.6. The van der Waals surface area contributed by atoms with E-state index < -0.39 is 6.10 Å². The largest absolute Gasteiger partial charge is 0.389 e. The lowest BCUT2D eigenvalue weighted by atomic mass is 10.1. The molecule has 1 atom stereocenters. The molecule has 18 heavy (non-hydrogen) atoms. The van der Waals surface area contributed by atoms with E-state index in [9.17, 15) is 5.11 Å². The summed E-state index contributed by atoms with van der Waals surface area (Å²) in [6.45, 7) is 7.88. The van der Waals surface area contributed by atoms with E-state index >= 15 is 0 Å². The van der Waals surface area contributed by atoms with E-state index in [-0.39, 0.29) is 5.54 Å². The van der Waals surface area contributed by atoms with Crippen molar-refractivity contribution in [2.75, 3.05) is 19.8 Å². The van der Waals surface area contributed by atoms with E-state index in [1.165, 1.54) is 0 Å². The second-order valence-electron chi connectivity index (χ2n) is 4.93. The van der Waals surface area contributed by atoms with Crippen LogP contribution in [-0.4, -0.2) is 36.0 Å². The fraction of sp³-hybridized carbons (Fsp3) is 0.769. The van der Waals surface area contributed by atoms with Crippen molar-refractivity contribution < 1.29 is 9.84 Å². The van der Waals surface area contributed by atoms with E-state index in [0.29, 0.717) is 13.2 Å². The fourth-order valence-corrected chi connectivity index (χ4v) is 2.24. The molecule has 1 aromatic heterocycles. The van der Waals surface area contributed by atoms with Crippen molar-refractivity contribution >= 4 is 11.3 Å². The van der Waals surface area contributed by atoms with E-state index in [2.05, 4.69) is 31.1 Å². The number of hydrogen-bond acceptors (Lipinski definition) is 5. The summed E-state index contributed by atoms with van der Waals surface area (Å²) >= 11 is 1.62. The third kappa shape index (κ3) is 5.44. The van der Waals surface area contributed by atoms with E-state index in [1.807, 2.05) is 5.38 Å². The number of aliphatic hydroxyl groups is 1. The monoisotopic (exact) mass is 272 g/mol. The highest BCUT2D eigenvalue weighted by atomic mass is 32.1. The Labute approximate surface area is 113 Å². The van der Waals surface area contributed by atoms with Crippen molar-refractivity contribution in [1.82, 2.24) is 10.3 Å². The first-order valence-corrected chi connectivity index (χ1v) is 7.35. The highest BCUT2D eigenvalue weighted by Gasteiger charge is 2.23. The van der Waals surface area contributed by atoms with Crippen molar-refractivity contribution in [2.24, 2.45) is 0 Å². The lowest BCUT2D eigenvalue weighted by molar-refractivity contribution is 0.0324. The lowest BCUT2D eigenvalue weighted by Crippen LogP contribution is -2.42. The molecule has 1 heterocycles. The number of rotatable bonds is 9. The van der Waals surface area contributed by atoms with Crippen LogP contribution in [0.1, 0.15) is 38.6 Å². The van der Waals surface area contributed by atoms with Crippen LogP contribution < -0.4 is 5.32 Å². The summed E-state index contributed by atoms with van der Waals surface area (Å²) in [7, 11) is 0. The average Bonchev–Trinajstić information content (AvgIpc) is 2.87. The van der Waals surface area contributed by atoms with Crippen molar-refractivity contribution in [3.05, 3.63) is 16.6 Å². The van der Waals surface area contributed by atoms with Gasteiger partial charge in [0.05, 0.1) is 18.2 Å². The van der Waals surface area contributed by atoms with Gasteiger partial charge in [-0.15, -0.1) is 11.3 Å². The molecule has 1 rings (SSSR count). The Bertz CT molecular complexity index is 315. The van der Waals surface area contributed by atoms with Crippen LogP contribution in [-0.2, 0) is 10.3 Å². The molecule has 104 valence electrons. The van der Waals surface area contributed by atoms with Crippen LogP contribution in [0.25, 0.3) is 0 Å². The predicted octanol–water partition coefficient (Wildman–Crippen LogP) is 2.15. The number of nitrogens with one attached hydrogen (secondary N) is 1. The van der Waals surface area contributed by atoms with Gasteiger partial charge in [0.1, 0.15) is 5.01 Å². The normalized spacial score (nSPS) is 13.8. The molecule has 0 saturated heterocycles. The van der Waals surface area contributed by atoms with Gasteiger partial charge in [-0.1, -0.05) is 13.3 Å². The third-order valence-electron chi connectivity index (χ3n) is 2.70. The third-order valence-corrected chi connectivity index (χ3v) is 3.80. The summed E-state index contributed by atoms with van der Waals surface area (Å²) in [4.78, 5) is 4.30. The summed E-state index contributed by atoms with van der Waals surface area (Å²) in [5.74, 6) is 0. The summed E-state index contributed by atoms with van der Waals surface area (Å²) in [5, 5.41) is 16.1. The van der Waals surface area contributed by atoms with Crippen LogP contribution in [0, 0.1) is 0 Å². The van der Waals surface area contributed by atoms with Gasteiger partial charge in [-0.05, 0) is 20.3 Å². The molecule has 4 nitrogen and oxygen atoms in total. The van der Waals surface area contributed by atoms with Crippen molar-refractivity contribution in [2.45, 2.75) is 45.3 Å². The van der Waals surface area contributed by atoms with E-state index in [0.717, 1.165) is 24.5 Å². The highest BCUT2D eigenvalue weighted by Crippen LogP contribution is 2.21. The van der Waals surface area contributed by atoms with Crippen LogP contribution in [0.3, 0.4) is 0 Å². The number of nitrogens with zero attached hydrogens (tertiary/aromatic N) is 1. The van der Waals surface area contributed by atoms with Crippen LogP contribution in [0.4, 0.5) is 0 Å². The Morgan fingerprint density at radius 3 is 2.94 bits per heavy atom. The summed E-state index contributed by atoms with van der Waals surface area (Å²) in [5.41, 5.74) is -0.210. The zero-order chi connectivity index (χ0) is 13.4. The van der Waals surface area contributed by atoms with Gasteiger partial charge < -0.3 is 15.2 Å². The SMILES string of the molecule is CCCCOCC(O)CNC(C)(C)c1nccs1. The van der Waals surface area contributed by atoms with Gasteiger partial charge in [0.2, 0.25) is 0 Å². The second kappa shape index (κ2) is 7.84. The van der Waals surface area contributed by atoms with Crippen LogP contribution in [0.15, 0.2) is 11.6 Å². The first-order chi connectivity index (χ1) is 8.56. The van der Waals surface area contributed by atoms with Crippen LogP contribution >= 0.6 is 11.3 Å². The molecule has 0 aromatic carbocycles. The van der Waals surface area contributed by atoms with Gasteiger partial charge in [-0.25, -0.2) is 4.98 Å². The number of ether oxygens (including phenoxy) is 1. The van der Waals surface area contributed by atoms with Gasteiger partial charge in [-0.3, -0.25) is 0 Å². The molecule has 1 unspecified atom stereocenters. The van der Waals surface area contributed by atoms with Gasteiger partial charge in [-0.2, -0.15) is 0 Å². The summed E-state index contributed by atoms with van der Waals surface area (Å²) < 4.78 is 5.39. The fourth-order valence-electron chi connectivity index (χ4n) is 1.51. The zero-order valence-electron chi connectivity index (χ0n) is 11.5. The maximum Gasteiger partial charge on any atom is 0.112 e. The highest BCUT2D eigenvalue weighted by molar-refractivity contribution is 7.09. The molecule has 0 radical (unpaired) electrons. The Morgan fingerprint density at radius 2 is 2.33 bits per heavy atom. The van der Waals surface area contributed by atoms with Gasteiger partial charge in [0, 0.05) is 24.7 Å². The van der Waals surface area contributed by atoms with Gasteiger partial charge >= 0.3 is 0 Å². The minimum atomic E-state index is -0.471. The molecule has 0 spiro atoms. The molecule has 0 saturated carbocycles. The Hall–Kier alpha value is -0.490. The maximum atomic E-state index is 9.80. The molecule has 1 aromatic rings. The average molecular weight is 272 g/mol. The Kier molecular flexibility index (Phi) is 6.78. The lowest BCUT2D eigenvalue weighted by Gasteiger charge is -2.25. The smallest absolute Gasteiger partial charge is 0.112 e. The molecular weight excluding hydrogens is 248 g/mol. The zero-order valence-corrected chi connectivity index (χ0v) is 12.3. The summed E-state index contributed by atoms with van der Waals surface area (Å²) in [6, 6.07) is 0. The molecule has 0 aliphatic rings. The first-order valence-electron chi connectivity index (χ1n) is 6.47. The minimum Gasteiger partial charge on any atom is -0.389 e. The summed E-state index contributed by atoms with van der Waals surface area (Å²) in [6.07, 6.45) is 3.49. The van der Waals surface area contributed by atoms with Crippen molar-refractivity contribution in [3.8, 4) is 0 Å². The molecule has 0 aliphatic carbocycles. The quantitative estimate of drug-likeness (QED) is 0.676.